The lowest BCUT2D eigenvalue weighted by atomic mass is 9.93. The monoisotopic (exact) mass is 286 g/mol. The molecule has 0 radical (unpaired) electrons. The van der Waals surface area contributed by atoms with Gasteiger partial charge in [-0.2, -0.15) is 0 Å². The average molecular weight is 286 g/mol. The van der Waals surface area contributed by atoms with E-state index in [-0.39, 0.29) is 24.8 Å². The number of nitrogens with one attached hydrogen (secondary N) is 1. The van der Waals surface area contributed by atoms with Crippen LogP contribution in [-0.4, -0.2) is 51.5 Å². The van der Waals surface area contributed by atoms with E-state index in [2.05, 4.69) is 5.32 Å². The standard InChI is InChI=1S/C12H18N2O4S/c15-9(6-14-8-19-7-10(14)16)13-12(5-11(17)18)3-1-2-4-12/h1-8H2,(H,13,15)(H,17,18). The number of carboxylic acid groups (broad SMARTS) is 1. The third kappa shape index (κ3) is 3.62. The summed E-state index contributed by atoms with van der Waals surface area (Å²) in [7, 11) is 0. The first-order valence-electron chi connectivity index (χ1n) is 6.39. The quantitative estimate of drug-likeness (QED) is 0.765. The van der Waals surface area contributed by atoms with Crippen LogP contribution >= 0.6 is 11.8 Å². The number of carbonyl (C=O) groups excluding carboxylic acids is 2. The molecule has 1 saturated carbocycles. The Morgan fingerprint density at radius 3 is 2.58 bits per heavy atom. The summed E-state index contributed by atoms with van der Waals surface area (Å²) < 4.78 is 0. The Kier molecular flexibility index (Phi) is 4.34. The van der Waals surface area contributed by atoms with Crippen LogP contribution in [0.1, 0.15) is 32.1 Å². The first kappa shape index (κ1) is 14.2. The smallest absolute Gasteiger partial charge is 0.305 e. The SMILES string of the molecule is O=C(O)CC1(NC(=O)CN2CSCC2=O)CCCC1. The molecule has 2 aliphatic rings. The molecule has 0 spiro atoms. The Hall–Kier alpha value is -1.24. The molecule has 19 heavy (non-hydrogen) atoms. The zero-order valence-corrected chi connectivity index (χ0v) is 11.5. The number of carbonyl (C=O) groups is 3. The average Bonchev–Trinajstić information content (AvgIpc) is 2.89. The number of rotatable bonds is 5. The minimum atomic E-state index is -0.894. The number of carboxylic acids is 1. The zero-order valence-electron chi connectivity index (χ0n) is 10.7. The minimum Gasteiger partial charge on any atom is -0.481 e. The van der Waals surface area contributed by atoms with E-state index in [1.54, 1.807) is 0 Å². The maximum atomic E-state index is 12.0. The highest BCUT2D eigenvalue weighted by molar-refractivity contribution is 8.00. The number of aliphatic carboxylic acids is 1. The first-order valence-corrected chi connectivity index (χ1v) is 7.55. The van der Waals surface area contributed by atoms with Gasteiger partial charge in [-0.05, 0) is 12.8 Å². The van der Waals surface area contributed by atoms with Gasteiger partial charge in [0.05, 0.1) is 23.6 Å². The largest absolute Gasteiger partial charge is 0.481 e. The van der Waals surface area contributed by atoms with Crippen LogP contribution in [0.15, 0.2) is 0 Å². The first-order chi connectivity index (χ1) is 9.01. The van der Waals surface area contributed by atoms with Crippen molar-refractivity contribution in [1.29, 1.82) is 0 Å². The molecule has 6 nitrogen and oxygen atoms in total. The van der Waals surface area contributed by atoms with Crippen LogP contribution in [0.4, 0.5) is 0 Å². The lowest BCUT2D eigenvalue weighted by Gasteiger charge is -2.29. The molecule has 0 aromatic rings. The van der Waals surface area contributed by atoms with Gasteiger partial charge in [0.15, 0.2) is 0 Å². The molecule has 0 aromatic carbocycles. The van der Waals surface area contributed by atoms with Gasteiger partial charge in [-0.3, -0.25) is 14.4 Å². The fourth-order valence-corrected chi connectivity index (χ4v) is 3.64. The van der Waals surface area contributed by atoms with Crippen LogP contribution < -0.4 is 5.32 Å². The van der Waals surface area contributed by atoms with Crippen molar-refractivity contribution in [1.82, 2.24) is 10.2 Å². The second-order valence-electron chi connectivity index (χ2n) is 5.18. The highest BCUT2D eigenvalue weighted by atomic mass is 32.2. The van der Waals surface area contributed by atoms with E-state index in [1.165, 1.54) is 16.7 Å². The lowest BCUT2D eigenvalue weighted by Crippen LogP contribution is -2.51. The third-order valence-corrected chi connectivity index (χ3v) is 4.56. The summed E-state index contributed by atoms with van der Waals surface area (Å²) in [6, 6.07) is 0. The summed E-state index contributed by atoms with van der Waals surface area (Å²) in [6.07, 6.45) is 3.24. The number of hydrogen-bond acceptors (Lipinski definition) is 4. The minimum absolute atomic E-state index is 0.0288. The van der Waals surface area contributed by atoms with E-state index in [0.29, 0.717) is 24.5 Å². The number of nitrogens with zero attached hydrogens (tertiary/aromatic N) is 1. The summed E-state index contributed by atoms with van der Waals surface area (Å²) >= 11 is 1.49. The van der Waals surface area contributed by atoms with E-state index >= 15 is 0 Å². The topological polar surface area (TPSA) is 86.7 Å². The van der Waals surface area contributed by atoms with Crippen molar-refractivity contribution in [3.63, 3.8) is 0 Å². The molecule has 1 heterocycles. The van der Waals surface area contributed by atoms with E-state index in [1.807, 2.05) is 0 Å². The molecule has 2 rings (SSSR count). The fraction of sp³-hybridized carbons (Fsp3) is 0.750. The van der Waals surface area contributed by atoms with E-state index in [0.717, 1.165) is 12.8 Å². The molecule has 7 heteroatoms. The molecule has 1 aliphatic heterocycles. The Bertz CT molecular complexity index is 393. The second kappa shape index (κ2) is 5.81. The van der Waals surface area contributed by atoms with Gasteiger partial charge in [-0.15, -0.1) is 11.8 Å². The van der Waals surface area contributed by atoms with Gasteiger partial charge in [-0.1, -0.05) is 12.8 Å². The molecule has 0 unspecified atom stereocenters. The third-order valence-electron chi connectivity index (χ3n) is 3.61. The van der Waals surface area contributed by atoms with Gasteiger partial charge in [-0.25, -0.2) is 0 Å². The molecule has 0 bridgehead atoms. The maximum absolute atomic E-state index is 12.0. The number of thioether (sulfide) groups is 1. The van der Waals surface area contributed by atoms with Crippen LogP contribution in [0.5, 0.6) is 0 Å². The predicted octanol–water partition coefficient (Wildman–Crippen LogP) is 0.423. The summed E-state index contributed by atoms with van der Waals surface area (Å²) in [5.41, 5.74) is -0.612. The van der Waals surface area contributed by atoms with Gasteiger partial charge in [0.2, 0.25) is 11.8 Å². The number of hydrogen-bond donors (Lipinski definition) is 2. The van der Waals surface area contributed by atoms with E-state index in [4.69, 9.17) is 5.11 Å². The molecule has 0 atom stereocenters. The van der Waals surface area contributed by atoms with E-state index in [9.17, 15) is 14.4 Å². The zero-order chi connectivity index (χ0) is 13.9. The molecule has 1 saturated heterocycles. The molecule has 106 valence electrons. The van der Waals surface area contributed by atoms with Crippen molar-refractivity contribution in [2.75, 3.05) is 18.2 Å². The molecule has 1 aliphatic carbocycles. The number of amides is 2. The predicted molar refractivity (Wildman–Crippen MR) is 70.6 cm³/mol. The van der Waals surface area contributed by atoms with Gasteiger partial charge in [0.1, 0.15) is 6.54 Å². The van der Waals surface area contributed by atoms with Crippen molar-refractivity contribution in [2.45, 2.75) is 37.6 Å². The van der Waals surface area contributed by atoms with Crippen molar-refractivity contribution < 1.29 is 19.5 Å². The molecule has 2 N–H and O–H groups in total. The highest BCUT2D eigenvalue weighted by Crippen LogP contribution is 2.32. The molecule has 2 fully saturated rings. The summed E-state index contributed by atoms with van der Waals surface area (Å²) in [4.78, 5) is 35.8. The maximum Gasteiger partial charge on any atom is 0.305 e. The van der Waals surface area contributed by atoms with Gasteiger partial charge < -0.3 is 15.3 Å². The van der Waals surface area contributed by atoms with Crippen LogP contribution in [0.2, 0.25) is 0 Å². The second-order valence-corrected chi connectivity index (χ2v) is 6.13. The Labute approximate surface area is 115 Å². The van der Waals surface area contributed by atoms with Crippen LogP contribution in [0.3, 0.4) is 0 Å². The molecular weight excluding hydrogens is 268 g/mol. The lowest BCUT2D eigenvalue weighted by molar-refractivity contribution is -0.139. The normalized spacial score (nSPS) is 21.7. The molecule has 2 amide bonds. The fourth-order valence-electron chi connectivity index (χ4n) is 2.74. The van der Waals surface area contributed by atoms with Crippen LogP contribution in [-0.2, 0) is 14.4 Å². The summed E-state index contributed by atoms with van der Waals surface area (Å²) in [6.45, 7) is 0.0349. The highest BCUT2D eigenvalue weighted by Gasteiger charge is 2.38. The van der Waals surface area contributed by atoms with Gasteiger partial charge >= 0.3 is 5.97 Å². The van der Waals surface area contributed by atoms with Crippen molar-refractivity contribution in [3.8, 4) is 0 Å². The summed E-state index contributed by atoms with van der Waals surface area (Å²) in [5, 5.41) is 11.8. The van der Waals surface area contributed by atoms with Crippen LogP contribution in [0, 0.1) is 0 Å². The van der Waals surface area contributed by atoms with Crippen molar-refractivity contribution in [2.24, 2.45) is 0 Å². The Balaban J connectivity index is 1.91. The Morgan fingerprint density at radius 2 is 2.05 bits per heavy atom. The van der Waals surface area contributed by atoms with Crippen molar-refractivity contribution >= 4 is 29.5 Å². The van der Waals surface area contributed by atoms with Gasteiger partial charge in [0, 0.05) is 0 Å². The van der Waals surface area contributed by atoms with E-state index < -0.39 is 11.5 Å². The summed E-state index contributed by atoms with van der Waals surface area (Å²) in [5.74, 6) is -0.209. The van der Waals surface area contributed by atoms with Crippen LogP contribution in [0.25, 0.3) is 0 Å². The molecular formula is C12H18N2O4S. The van der Waals surface area contributed by atoms with Gasteiger partial charge in [0.25, 0.3) is 0 Å². The Morgan fingerprint density at radius 1 is 1.37 bits per heavy atom. The van der Waals surface area contributed by atoms with Crippen molar-refractivity contribution in [3.05, 3.63) is 0 Å². The molecule has 0 aromatic heterocycles.